The number of hydrogen-bond donors (Lipinski definition) is 1. The van der Waals surface area contributed by atoms with E-state index in [9.17, 15) is 0 Å². The zero-order valence-electron chi connectivity index (χ0n) is 10.6. The van der Waals surface area contributed by atoms with Crippen molar-refractivity contribution in [1.29, 1.82) is 0 Å². The van der Waals surface area contributed by atoms with Gasteiger partial charge in [-0.25, -0.2) is 0 Å². The van der Waals surface area contributed by atoms with Crippen molar-refractivity contribution in [3.05, 3.63) is 52.2 Å². The third-order valence-electron chi connectivity index (χ3n) is 2.90. The molecule has 1 unspecified atom stereocenters. The highest BCUT2D eigenvalue weighted by Crippen LogP contribution is 2.27. The van der Waals surface area contributed by atoms with Crippen LogP contribution in [0.4, 0.5) is 0 Å². The molecule has 18 heavy (non-hydrogen) atoms. The molecule has 0 bridgehead atoms. The minimum Gasteiger partial charge on any atom is -0.485 e. The first-order valence-corrected chi connectivity index (χ1v) is 7.20. The summed E-state index contributed by atoms with van der Waals surface area (Å²) in [4.78, 5) is 1.24. The first-order chi connectivity index (χ1) is 8.83. The Morgan fingerprint density at radius 3 is 2.56 bits per heavy atom. The maximum Gasteiger partial charge on any atom is 0.134 e. The van der Waals surface area contributed by atoms with Gasteiger partial charge in [0.25, 0.3) is 0 Å². The van der Waals surface area contributed by atoms with Gasteiger partial charge >= 0.3 is 0 Å². The minimum atomic E-state index is 0.0717. The second kappa shape index (κ2) is 6.57. The van der Waals surface area contributed by atoms with Gasteiger partial charge in [0.2, 0.25) is 0 Å². The van der Waals surface area contributed by atoms with Crippen LogP contribution in [0.2, 0.25) is 0 Å². The minimum absolute atomic E-state index is 0.0717. The molecule has 3 heteroatoms. The van der Waals surface area contributed by atoms with E-state index in [0.717, 1.165) is 18.6 Å². The van der Waals surface area contributed by atoms with E-state index in [2.05, 4.69) is 30.5 Å². The highest BCUT2D eigenvalue weighted by atomic mass is 32.1. The molecule has 1 heterocycles. The normalized spacial score (nSPS) is 12.3. The summed E-state index contributed by atoms with van der Waals surface area (Å²) in [6, 6.07) is 12.5. The van der Waals surface area contributed by atoms with Crippen LogP contribution >= 0.6 is 11.3 Å². The average Bonchev–Trinajstić information content (AvgIpc) is 2.93. The van der Waals surface area contributed by atoms with Crippen molar-refractivity contribution in [3.8, 4) is 5.75 Å². The molecule has 2 N–H and O–H groups in total. The van der Waals surface area contributed by atoms with Gasteiger partial charge in [-0.15, -0.1) is 11.3 Å². The Hall–Kier alpha value is -1.32. The fourth-order valence-electron chi connectivity index (χ4n) is 1.85. The number of benzene rings is 1. The van der Waals surface area contributed by atoms with Crippen molar-refractivity contribution < 1.29 is 4.74 Å². The predicted molar refractivity (Wildman–Crippen MR) is 77.2 cm³/mol. The molecule has 2 nitrogen and oxygen atoms in total. The Morgan fingerprint density at radius 2 is 2.00 bits per heavy atom. The SMILES string of the molecule is CCc1ccc(OC(CCN)c2cccs2)cc1. The van der Waals surface area contributed by atoms with Gasteiger partial charge in [-0.3, -0.25) is 0 Å². The fraction of sp³-hybridized carbons (Fsp3) is 0.333. The summed E-state index contributed by atoms with van der Waals surface area (Å²) in [6.07, 6.45) is 1.97. The highest BCUT2D eigenvalue weighted by Gasteiger charge is 2.13. The number of aryl methyl sites for hydroxylation is 1. The van der Waals surface area contributed by atoms with Crippen molar-refractivity contribution >= 4 is 11.3 Å². The Labute approximate surface area is 112 Å². The van der Waals surface area contributed by atoms with Crippen LogP contribution in [0, 0.1) is 0 Å². The second-order valence-corrected chi connectivity index (χ2v) is 5.18. The number of hydrogen-bond acceptors (Lipinski definition) is 3. The van der Waals surface area contributed by atoms with Gasteiger partial charge in [-0.1, -0.05) is 25.1 Å². The van der Waals surface area contributed by atoms with E-state index < -0.39 is 0 Å². The first-order valence-electron chi connectivity index (χ1n) is 6.32. The lowest BCUT2D eigenvalue weighted by molar-refractivity contribution is 0.201. The summed E-state index contributed by atoms with van der Waals surface area (Å²) in [5, 5.41) is 2.07. The molecule has 0 aliphatic rings. The molecule has 0 saturated carbocycles. The van der Waals surface area contributed by atoms with Crippen LogP contribution in [-0.2, 0) is 6.42 Å². The number of thiophene rings is 1. The molecule has 2 aromatic rings. The third kappa shape index (κ3) is 3.34. The summed E-state index contributed by atoms with van der Waals surface area (Å²) in [5.41, 5.74) is 6.99. The summed E-state index contributed by atoms with van der Waals surface area (Å²) in [7, 11) is 0. The number of ether oxygens (including phenoxy) is 1. The van der Waals surface area contributed by atoms with Crippen molar-refractivity contribution in [1.82, 2.24) is 0 Å². The Kier molecular flexibility index (Phi) is 4.79. The first kappa shape index (κ1) is 13.1. The van der Waals surface area contributed by atoms with Crippen molar-refractivity contribution in [2.24, 2.45) is 5.73 Å². The van der Waals surface area contributed by atoms with Crippen molar-refractivity contribution in [3.63, 3.8) is 0 Å². The molecule has 1 aromatic carbocycles. The van der Waals surface area contributed by atoms with Gasteiger partial charge < -0.3 is 10.5 Å². The molecule has 0 amide bonds. The average molecular weight is 261 g/mol. The molecule has 0 aliphatic carbocycles. The predicted octanol–water partition coefficient (Wildman–Crippen LogP) is 3.78. The van der Waals surface area contributed by atoms with E-state index in [-0.39, 0.29) is 6.10 Å². The van der Waals surface area contributed by atoms with E-state index in [4.69, 9.17) is 10.5 Å². The third-order valence-corrected chi connectivity index (χ3v) is 3.86. The van der Waals surface area contributed by atoms with Crippen LogP contribution in [-0.4, -0.2) is 6.54 Å². The molecule has 0 aliphatic heterocycles. The second-order valence-electron chi connectivity index (χ2n) is 4.20. The van der Waals surface area contributed by atoms with Gasteiger partial charge in [0, 0.05) is 11.3 Å². The van der Waals surface area contributed by atoms with E-state index >= 15 is 0 Å². The lowest BCUT2D eigenvalue weighted by Crippen LogP contribution is -2.12. The van der Waals surface area contributed by atoms with Gasteiger partial charge in [-0.05, 0) is 42.1 Å². The molecule has 0 saturated heterocycles. The molecule has 2 rings (SSSR count). The highest BCUT2D eigenvalue weighted by molar-refractivity contribution is 7.10. The molecule has 0 radical (unpaired) electrons. The van der Waals surface area contributed by atoms with Crippen LogP contribution in [0.15, 0.2) is 41.8 Å². The topological polar surface area (TPSA) is 35.2 Å². The Balaban J connectivity index is 2.08. The molecule has 0 fully saturated rings. The zero-order valence-corrected chi connectivity index (χ0v) is 11.5. The van der Waals surface area contributed by atoms with Crippen LogP contribution < -0.4 is 10.5 Å². The quantitative estimate of drug-likeness (QED) is 0.859. The summed E-state index contributed by atoms with van der Waals surface area (Å²) >= 11 is 1.72. The summed E-state index contributed by atoms with van der Waals surface area (Å²) in [6.45, 7) is 2.79. The summed E-state index contributed by atoms with van der Waals surface area (Å²) in [5.74, 6) is 0.916. The van der Waals surface area contributed by atoms with Crippen LogP contribution in [0.1, 0.15) is 29.9 Å². The van der Waals surface area contributed by atoms with E-state index in [1.54, 1.807) is 11.3 Å². The lowest BCUT2D eigenvalue weighted by atomic mass is 10.1. The summed E-state index contributed by atoms with van der Waals surface area (Å²) < 4.78 is 6.03. The van der Waals surface area contributed by atoms with Gasteiger partial charge in [-0.2, -0.15) is 0 Å². The van der Waals surface area contributed by atoms with Crippen molar-refractivity contribution in [2.45, 2.75) is 25.9 Å². The molecule has 1 aromatic heterocycles. The van der Waals surface area contributed by atoms with E-state index in [1.165, 1.54) is 10.4 Å². The standard InChI is InChI=1S/C15H19NOS/c1-2-12-5-7-13(8-6-12)17-14(9-10-16)15-4-3-11-18-15/h3-8,11,14H,2,9-10,16H2,1H3. The van der Waals surface area contributed by atoms with Crippen LogP contribution in [0.3, 0.4) is 0 Å². The Bertz CT molecular complexity index is 450. The molecule has 96 valence electrons. The van der Waals surface area contributed by atoms with Crippen LogP contribution in [0.5, 0.6) is 5.75 Å². The van der Waals surface area contributed by atoms with Crippen LogP contribution in [0.25, 0.3) is 0 Å². The fourth-order valence-corrected chi connectivity index (χ4v) is 2.64. The zero-order chi connectivity index (χ0) is 12.8. The van der Waals surface area contributed by atoms with Gasteiger partial charge in [0.05, 0.1) is 0 Å². The molecular weight excluding hydrogens is 242 g/mol. The largest absolute Gasteiger partial charge is 0.485 e. The lowest BCUT2D eigenvalue weighted by Gasteiger charge is -2.17. The maximum atomic E-state index is 6.03. The monoisotopic (exact) mass is 261 g/mol. The van der Waals surface area contributed by atoms with E-state index in [1.807, 2.05) is 18.2 Å². The molecule has 0 spiro atoms. The number of nitrogens with two attached hydrogens (primary N) is 1. The number of rotatable bonds is 6. The smallest absolute Gasteiger partial charge is 0.134 e. The Morgan fingerprint density at radius 1 is 1.22 bits per heavy atom. The maximum absolute atomic E-state index is 6.03. The van der Waals surface area contributed by atoms with Crippen molar-refractivity contribution in [2.75, 3.05) is 6.54 Å². The molecular formula is C15H19NOS. The van der Waals surface area contributed by atoms with Gasteiger partial charge in [0.15, 0.2) is 0 Å². The molecule has 1 atom stereocenters. The van der Waals surface area contributed by atoms with Gasteiger partial charge in [0.1, 0.15) is 11.9 Å². The van der Waals surface area contributed by atoms with E-state index in [0.29, 0.717) is 6.54 Å².